The van der Waals surface area contributed by atoms with E-state index in [0.717, 1.165) is 10.8 Å². The molecule has 0 aliphatic heterocycles. The van der Waals surface area contributed by atoms with Gasteiger partial charge in [0.1, 0.15) is 6.20 Å². The van der Waals surface area contributed by atoms with Gasteiger partial charge < -0.3 is 20.0 Å². The van der Waals surface area contributed by atoms with Gasteiger partial charge in [-0.3, -0.25) is 14.9 Å². The van der Waals surface area contributed by atoms with E-state index in [1.165, 1.54) is 6.92 Å². The van der Waals surface area contributed by atoms with Crippen molar-refractivity contribution >= 4 is 17.8 Å². The molecule has 0 radical (unpaired) electrons. The minimum Gasteiger partial charge on any atom is -0.480 e. The number of nitro groups is 1. The molecular weight excluding hydrogens is 272 g/mol. The maximum atomic E-state index is 11.4. The van der Waals surface area contributed by atoms with Crippen LogP contribution < -0.4 is 5.32 Å². The summed E-state index contributed by atoms with van der Waals surface area (Å²) >= 11 is 0. The lowest BCUT2D eigenvalue weighted by Crippen LogP contribution is -2.30. The average molecular weight is 286 g/mol. The second-order valence-electron chi connectivity index (χ2n) is 3.88. The molecule has 10 nitrogen and oxygen atoms in total. The highest BCUT2D eigenvalue weighted by molar-refractivity contribution is 5.74. The Morgan fingerprint density at radius 3 is 2.80 bits per heavy atom. The quantitative estimate of drug-likeness (QED) is 0.400. The zero-order valence-electron chi connectivity index (χ0n) is 10.9. The Labute approximate surface area is 113 Å². The van der Waals surface area contributed by atoms with Crippen LogP contribution in [0, 0.1) is 17.0 Å². The Morgan fingerprint density at radius 2 is 2.25 bits per heavy atom. The van der Waals surface area contributed by atoms with E-state index in [1.54, 1.807) is 6.92 Å². The Balaban J connectivity index is 2.64. The number of rotatable bonds is 7. The summed E-state index contributed by atoms with van der Waals surface area (Å²) in [5, 5.41) is 21.5. The smallest absolute Gasteiger partial charge is 0.345 e. The number of carbonyl (C=O) groups excluding carboxylic acids is 1. The fourth-order valence-corrected chi connectivity index (χ4v) is 1.58. The minimum atomic E-state index is -1.10. The predicted octanol–water partition coefficient (Wildman–Crippen LogP) is -0.164. The van der Waals surface area contributed by atoms with Crippen molar-refractivity contribution in [1.82, 2.24) is 14.9 Å². The molecule has 0 saturated carbocycles. The van der Waals surface area contributed by atoms with Crippen molar-refractivity contribution in [3.05, 3.63) is 22.1 Å². The number of imidazole rings is 1. The van der Waals surface area contributed by atoms with E-state index in [9.17, 15) is 19.7 Å². The third-order valence-electron chi connectivity index (χ3n) is 2.36. The normalized spacial score (nSPS) is 11.9. The van der Waals surface area contributed by atoms with Crippen LogP contribution in [0.15, 0.2) is 6.20 Å². The van der Waals surface area contributed by atoms with Crippen molar-refractivity contribution < 1.29 is 24.4 Å². The molecule has 0 aromatic carbocycles. The topological polar surface area (TPSA) is 137 Å². The molecule has 0 spiro atoms. The van der Waals surface area contributed by atoms with Crippen LogP contribution in [0.2, 0.25) is 0 Å². The molecule has 0 bridgehead atoms. The van der Waals surface area contributed by atoms with E-state index in [2.05, 4.69) is 10.3 Å². The molecule has 1 unspecified atom stereocenters. The first-order valence-electron chi connectivity index (χ1n) is 5.63. The molecule has 10 heteroatoms. The molecule has 20 heavy (non-hydrogen) atoms. The van der Waals surface area contributed by atoms with Crippen LogP contribution in [0.5, 0.6) is 0 Å². The van der Waals surface area contributed by atoms with E-state index in [1.807, 2.05) is 0 Å². The van der Waals surface area contributed by atoms with Crippen molar-refractivity contribution in [1.29, 1.82) is 0 Å². The van der Waals surface area contributed by atoms with Crippen molar-refractivity contribution in [2.45, 2.75) is 20.1 Å². The summed E-state index contributed by atoms with van der Waals surface area (Å²) in [4.78, 5) is 35.6. The lowest BCUT2D eigenvalue weighted by atomic mass is 10.5. The fraction of sp³-hybridized carbons (Fsp3) is 0.500. The van der Waals surface area contributed by atoms with Gasteiger partial charge >= 0.3 is 17.8 Å². The molecule has 110 valence electrons. The summed E-state index contributed by atoms with van der Waals surface area (Å²) in [6.07, 6.45) is 0.152. The monoisotopic (exact) mass is 286 g/mol. The third kappa shape index (κ3) is 4.02. The van der Waals surface area contributed by atoms with Crippen molar-refractivity contribution in [2.75, 3.05) is 13.1 Å². The van der Waals surface area contributed by atoms with Crippen LogP contribution in [-0.2, 0) is 14.3 Å². The maximum absolute atomic E-state index is 11.4. The molecule has 1 aromatic rings. The highest BCUT2D eigenvalue weighted by atomic mass is 16.6. The number of aryl methyl sites for hydroxylation is 1. The number of hydrogen-bond acceptors (Lipinski definition) is 7. The van der Waals surface area contributed by atoms with Gasteiger partial charge in [-0.25, -0.2) is 4.98 Å². The highest BCUT2D eigenvalue weighted by Crippen LogP contribution is 2.20. The van der Waals surface area contributed by atoms with E-state index >= 15 is 0 Å². The van der Waals surface area contributed by atoms with Gasteiger partial charge in [0.05, 0.1) is 13.1 Å². The number of nitrogens with one attached hydrogen (secondary N) is 1. The summed E-state index contributed by atoms with van der Waals surface area (Å²) in [6, 6.07) is 0. The largest absolute Gasteiger partial charge is 0.480 e. The number of hydrogen-bond donors (Lipinski definition) is 2. The molecule has 1 rings (SSSR count). The molecule has 1 heterocycles. The molecule has 1 atom stereocenters. The summed E-state index contributed by atoms with van der Waals surface area (Å²) in [5.41, 5.74) is 0. The number of carbonyl (C=O) groups is 2. The van der Waals surface area contributed by atoms with Gasteiger partial charge in [0.2, 0.25) is 6.23 Å². The first-order valence-corrected chi connectivity index (χ1v) is 5.63. The van der Waals surface area contributed by atoms with Gasteiger partial charge in [0, 0.05) is 13.8 Å². The lowest BCUT2D eigenvalue weighted by Gasteiger charge is -2.12. The second-order valence-corrected chi connectivity index (χ2v) is 3.88. The fourth-order valence-electron chi connectivity index (χ4n) is 1.58. The Morgan fingerprint density at radius 1 is 1.60 bits per heavy atom. The summed E-state index contributed by atoms with van der Waals surface area (Å²) in [7, 11) is 0. The van der Waals surface area contributed by atoms with Gasteiger partial charge in [-0.15, -0.1) is 0 Å². The molecule has 0 aliphatic rings. The van der Waals surface area contributed by atoms with E-state index in [0.29, 0.717) is 5.82 Å². The van der Waals surface area contributed by atoms with Crippen LogP contribution in [0.25, 0.3) is 0 Å². The van der Waals surface area contributed by atoms with Gasteiger partial charge in [-0.05, 0) is 4.92 Å². The van der Waals surface area contributed by atoms with Crippen LogP contribution in [0.4, 0.5) is 5.82 Å². The van der Waals surface area contributed by atoms with Gasteiger partial charge in [-0.1, -0.05) is 0 Å². The van der Waals surface area contributed by atoms with E-state index in [-0.39, 0.29) is 18.9 Å². The summed E-state index contributed by atoms with van der Waals surface area (Å²) in [6.45, 7) is 2.31. The number of carboxylic acids is 1. The minimum absolute atomic E-state index is 0.290. The maximum Gasteiger partial charge on any atom is 0.345 e. The molecule has 0 amide bonds. The van der Waals surface area contributed by atoms with Crippen molar-refractivity contribution in [3.8, 4) is 0 Å². The van der Waals surface area contributed by atoms with Crippen LogP contribution in [0.1, 0.15) is 19.0 Å². The molecule has 0 saturated heterocycles. The highest BCUT2D eigenvalue weighted by Gasteiger charge is 2.25. The molecule has 1 aromatic heterocycles. The number of aromatic nitrogens is 2. The lowest BCUT2D eigenvalue weighted by molar-refractivity contribution is -0.393. The SMILES string of the molecule is Cc1ncc([N+](=O)[O-])n1C(C)OC(=O)CNCC(=O)O. The number of esters is 1. The molecule has 2 N–H and O–H groups in total. The zero-order valence-corrected chi connectivity index (χ0v) is 10.9. The standard InChI is InChI=1S/C10H14N4O6/c1-6-12-3-8(14(18)19)13(6)7(2)20-10(17)5-11-4-9(15)16/h3,7,11H,4-5H2,1-2H3,(H,15,16). The summed E-state index contributed by atoms with van der Waals surface area (Å²) < 4.78 is 6.13. The zero-order chi connectivity index (χ0) is 15.3. The van der Waals surface area contributed by atoms with Crippen LogP contribution in [-0.4, -0.2) is 44.6 Å². The predicted molar refractivity (Wildman–Crippen MR) is 64.9 cm³/mol. The van der Waals surface area contributed by atoms with Gasteiger partial charge in [0.25, 0.3) is 0 Å². The summed E-state index contributed by atoms with van der Waals surface area (Å²) in [5.74, 6) is -1.79. The van der Waals surface area contributed by atoms with Crippen molar-refractivity contribution in [3.63, 3.8) is 0 Å². The molecular formula is C10H14N4O6. The number of ether oxygens (including phenoxy) is 1. The average Bonchev–Trinajstić information content (AvgIpc) is 2.70. The first-order chi connectivity index (χ1) is 9.32. The van der Waals surface area contributed by atoms with Gasteiger partial charge in [0.15, 0.2) is 5.82 Å². The molecule has 0 aliphatic carbocycles. The Kier molecular flexibility index (Phi) is 5.15. The number of nitrogens with zero attached hydrogens (tertiary/aromatic N) is 3. The second kappa shape index (κ2) is 6.61. The molecule has 0 fully saturated rings. The van der Waals surface area contributed by atoms with Crippen molar-refractivity contribution in [2.24, 2.45) is 0 Å². The van der Waals surface area contributed by atoms with Crippen LogP contribution in [0.3, 0.4) is 0 Å². The van der Waals surface area contributed by atoms with Crippen LogP contribution >= 0.6 is 0 Å². The van der Waals surface area contributed by atoms with E-state index < -0.39 is 23.1 Å². The third-order valence-corrected chi connectivity index (χ3v) is 2.36. The Hall–Kier alpha value is -2.49. The van der Waals surface area contributed by atoms with E-state index in [4.69, 9.17) is 9.84 Å². The first kappa shape index (κ1) is 15.6. The number of aliphatic carboxylic acids is 1. The Bertz CT molecular complexity index is 526. The number of carboxylic acid groups (broad SMARTS) is 1. The van der Waals surface area contributed by atoms with Gasteiger partial charge in [-0.2, -0.15) is 4.57 Å².